The number of halogens is 1. The molecule has 0 saturated carbocycles. The third-order valence-corrected chi connectivity index (χ3v) is 8.37. The van der Waals surface area contributed by atoms with E-state index in [1.807, 2.05) is 60.7 Å². The number of hydrogen-bond donors (Lipinski definition) is 1. The van der Waals surface area contributed by atoms with Crippen molar-refractivity contribution in [1.82, 2.24) is 5.32 Å². The van der Waals surface area contributed by atoms with Crippen LogP contribution in [0, 0.1) is 0 Å². The highest BCUT2D eigenvalue weighted by molar-refractivity contribution is 7.53. The van der Waals surface area contributed by atoms with Crippen molar-refractivity contribution in [3.63, 3.8) is 0 Å². The van der Waals surface area contributed by atoms with Gasteiger partial charge >= 0.3 is 25.6 Å². The minimum absolute atomic E-state index is 0.0149. The summed E-state index contributed by atoms with van der Waals surface area (Å²) in [7, 11) is -3.77. The first-order valence-corrected chi connectivity index (χ1v) is 16.0. The maximum absolute atomic E-state index is 14.0. The van der Waals surface area contributed by atoms with Crippen molar-refractivity contribution in [3.8, 4) is 0 Å². The number of rotatable bonds is 12. The molecule has 0 aliphatic carbocycles. The van der Waals surface area contributed by atoms with Crippen LogP contribution in [-0.4, -0.2) is 59.7 Å². The number of carbonyl (C=O) groups excluding carboxylic acids is 3. The molecule has 11 nitrogen and oxygen atoms in total. The minimum Gasteiger partial charge on any atom is -0.456 e. The van der Waals surface area contributed by atoms with Crippen molar-refractivity contribution in [2.75, 3.05) is 6.16 Å². The number of hydrogen-bond acceptors (Lipinski definition) is 10. The van der Waals surface area contributed by atoms with Gasteiger partial charge in [0.05, 0.1) is 19.4 Å². The summed E-state index contributed by atoms with van der Waals surface area (Å²) in [6.45, 7) is 7.46. The molecule has 1 aliphatic rings. The normalized spacial score (nSPS) is 22.3. The first kappa shape index (κ1) is 34.5. The fraction of sp³-hybridized carbons (Fsp3) is 0.500. The number of alkyl carbamates (subject to hydrolysis) is 1. The van der Waals surface area contributed by atoms with Crippen LogP contribution in [0.3, 0.4) is 0 Å². The van der Waals surface area contributed by atoms with Gasteiger partial charge in [-0.15, -0.1) is 0 Å². The van der Waals surface area contributed by atoms with Gasteiger partial charge in [0.2, 0.25) is 0 Å². The summed E-state index contributed by atoms with van der Waals surface area (Å²) in [5.41, 5.74) is -0.464. The molecule has 43 heavy (non-hydrogen) atoms. The molecule has 1 N–H and O–H groups in total. The maximum Gasteiger partial charge on any atom is 0.408 e. The maximum atomic E-state index is 14.0. The number of esters is 2. The smallest absolute Gasteiger partial charge is 0.408 e. The molecule has 5 atom stereocenters. The van der Waals surface area contributed by atoms with Crippen molar-refractivity contribution in [1.29, 1.82) is 0 Å². The predicted molar refractivity (Wildman–Crippen MR) is 158 cm³/mol. The zero-order valence-electron chi connectivity index (χ0n) is 24.9. The average Bonchev–Trinajstić information content (AvgIpc) is 2.93. The number of alkyl halides is 1. The van der Waals surface area contributed by atoms with Crippen LogP contribution in [0.15, 0.2) is 60.7 Å². The molecular formula is C30H39ClNO10P. The molecule has 1 saturated heterocycles. The van der Waals surface area contributed by atoms with Gasteiger partial charge in [0.1, 0.15) is 17.7 Å². The topological polar surface area (TPSA) is 136 Å². The molecule has 236 valence electrons. The number of ether oxygens (including phenoxy) is 4. The molecule has 0 radical (unpaired) electrons. The SMILES string of the molecule is CC(=O)O[C@H]1[C@H](OC(C)=O)[C@@H](NC(=O)OC(C)(C)C)C(Cl)O[C@@H]1CCP(=O)(OCc1ccccc1)OCc1ccccc1. The average molecular weight is 640 g/mol. The van der Waals surface area contributed by atoms with Crippen LogP contribution < -0.4 is 5.32 Å². The fourth-order valence-corrected chi connectivity index (χ4v) is 6.26. The molecular weight excluding hydrogens is 601 g/mol. The second kappa shape index (κ2) is 15.7. The molecule has 1 unspecified atom stereocenters. The largest absolute Gasteiger partial charge is 0.456 e. The lowest BCUT2D eigenvalue weighted by Crippen LogP contribution is -2.64. The van der Waals surface area contributed by atoms with Crippen molar-refractivity contribution < 1.29 is 46.9 Å². The van der Waals surface area contributed by atoms with Crippen LogP contribution in [0.2, 0.25) is 0 Å². The van der Waals surface area contributed by atoms with Crippen molar-refractivity contribution >= 4 is 37.2 Å². The van der Waals surface area contributed by atoms with E-state index in [2.05, 4.69) is 5.32 Å². The third kappa shape index (κ3) is 11.6. The lowest BCUT2D eigenvalue weighted by atomic mass is 9.95. The lowest BCUT2D eigenvalue weighted by Gasteiger charge is -2.44. The summed E-state index contributed by atoms with van der Waals surface area (Å²) >= 11 is 6.55. The van der Waals surface area contributed by atoms with E-state index in [1.165, 1.54) is 13.8 Å². The molecule has 2 aromatic rings. The Balaban J connectivity index is 1.83. The van der Waals surface area contributed by atoms with E-state index in [-0.39, 0.29) is 25.8 Å². The molecule has 3 rings (SSSR count). The molecule has 0 aromatic heterocycles. The summed E-state index contributed by atoms with van der Waals surface area (Å²) in [5.74, 6) is -1.39. The summed E-state index contributed by atoms with van der Waals surface area (Å²) in [5, 5.41) is 2.56. The fourth-order valence-electron chi connectivity index (χ4n) is 4.33. The Bertz CT molecular complexity index is 1210. The van der Waals surface area contributed by atoms with Crippen LogP contribution in [-0.2, 0) is 55.4 Å². The molecule has 1 amide bonds. The van der Waals surface area contributed by atoms with E-state index < -0.39 is 61.1 Å². The standard InChI is InChI=1S/C30H39ClNO10P/c1-20(33)39-26-24(41-28(31)25(27(26)40-21(2)34)32-29(35)42-30(3,4)5)16-17-43(36,37-18-22-12-8-6-9-13-22)38-19-23-14-10-7-11-15-23/h6-15,24-28H,16-19H2,1-5H3,(H,32,35)/t24-,25-,26-,27-,28?/m1/s1. The molecule has 13 heteroatoms. The van der Waals surface area contributed by atoms with Gasteiger partial charge in [-0.3, -0.25) is 14.2 Å². The number of nitrogens with one attached hydrogen (secondary N) is 1. The van der Waals surface area contributed by atoms with Crippen LogP contribution in [0.5, 0.6) is 0 Å². The van der Waals surface area contributed by atoms with Gasteiger partial charge in [0, 0.05) is 13.8 Å². The molecule has 2 aromatic carbocycles. The van der Waals surface area contributed by atoms with E-state index >= 15 is 0 Å². The van der Waals surface area contributed by atoms with Crippen LogP contribution in [0.1, 0.15) is 52.2 Å². The Morgan fingerprint density at radius 2 is 1.35 bits per heavy atom. The van der Waals surface area contributed by atoms with Crippen LogP contribution in [0.25, 0.3) is 0 Å². The lowest BCUT2D eigenvalue weighted by molar-refractivity contribution is -0.204. The Labute approximate surface area is 257 Å². The Kier molecular flexibility index (Phi) is 12.6. The predicted octanol–water partition coefficient (Wildman–Crippen LogP) is 5.72. The van der Waals surface area contributed by atoms with E-state index in [9.17, 15) is 18.9 Å². The van der Waals surface area contributed by atoms with E-state index in [1.54, 1.807) is 20.8 Å². The Morgan fingerprint density at radius 1 is 0.860 bits per heavy atom. The van der Waals surface area contributed by atoms with Crippen LogP contribution >= 0.6 is 19.2 Å². The summed E-state index contributed by atoms with van der Waals surface area (Å²) in [6.07, 6.45) is -4.45. The highest BCUT2D eigenvalue weighted by Crippen LogP contribution is 2.51. The van der Waals surface area contributed by atoms with Crippen LogP contribution in [0.4, 0.5) is 4.79 Å². The van der Waals surface area contributed by atoms with Crippen molar-refractivity contribution in [2.24, 2.45) is 0 Å². The van der Waals surface area contributed by atoms with Crippen molar-refractivity contribution in [3.05, 3.63) is 71.8 Å². The third-order valence-electron chi connectivity index (χ3n) is 6.15. The van der Waals surface area contributed by atoms with E-state index in [4.69, 9.17) is 39.6 Å². The first-order valence-electron chi connectivity index (χ1n) is 13.8. The van der Waals surface area contributed by atoms with Crippen molar-refractivity contribution in [2.45, 2.75) is 89.8 Å². The monoisotopic (exact) mass is 639 g/mol. The molecule has 0 spiro atoms. The number of benzene rings is 2. The summed E-state index contributed by atoms with van der Waals surface area (Å²) in [4.78, 5) is 36.8. The molecule has 1 aliphatic heterocycles. The number of amides is 1. The Morgan fingerprint density at radius 3 is 1.81 bits per heavy atom. The highest BCUT2D eigenvalue weighted by atomic mass is 35.5. The second-order valence-corrected chi connectivity index (χ2v) is 13.6. The first-order chi connectivity index (χ1) is 20.2. The zero-order valence-corrected chi connectivity index (χ0v) is 26.5. The van der Waals surface area contributed by atoms with Gasteiger partial charge in [-0.1, -0.05) is 72.3 Å². The highest BCUT2D eigenvalue weighted by Gasteiger charge is 2.50. The van der Waals surface area contributed by atoms with Gasteiger partial charge in [-0.25, -0.2) is 4.79 Å². The Hall–Kier alpha value is -2.95. The van der Waals surface area contributed by atoms with E-state index in [0.29, 0.717) is 0 Å². The van der Waals surface area contributed by atoms with Gasteiger partial charge in [-0.05, 0) is 38.3 Å². The summed E-state index contributed by atoms with van der Waals surface area (Å²) in [6, 6.07) is 17.3. The number of carbonyl (C=O) groups is 3. The van der Waals surface area contributed by atoms with E-state index in [0.717, 1.165) is 11.1 Å². The van der Waals surface area contributed by atoms with Gasteiger partial charge in [-0.2, -0.15) is 0 Å². The van der Waals surface area contributed by atoms with Gasteiger partial charge in [0.25, 0.3) is 0 Å². The van der Waals surface area contributed by atoms with Gasteiger partial charge in [0.15, 0.2) is 17.8 Å². The minimum atomic E-state index is -3.77. The van der Waals surface area contributed by atoms with Gasteiger partial charge < -0.3 is 33.3 Å². The molecule has 1 fully saturated rings. The molecule has 0 bridgehead atoms. The molecule has 1 heterocycles. The second-order valence-electron chi connectivity index (χ2n) is 11.0. The quantitative estimate of drug-likeness (QED) is 0.133. The summed E-state index contributed by atoms with van der Waals surface area (Å²) < 4.78 is 48.1. The zero-order chi connectivity index (χ0) is 31.6.